The number of amides is 1. The molecule has 1 amide bonds. The minimum Gasteiger partial charge on any atom is -0.341 e. The number of sulfone groups is 1. The lowest BCUT2D eigenvalue weighted by Crippen LogP contribution is -2.38. The van der Waals surface area contributed by atoms with E-state index in [1.165, 1.54) is 0 Å². The standard InChI is InChI=1S/C16H19N3O3S/c1-18(15-7-8-23(21,22)12-15)16(20)9-13-10-17-19(11-13)14-5-3-2-4-6-14/h2-6,10-11,15H,7-9,12H2,1H3/t15-/m0/s1. The third-order valence-corrected chi connectivity index (χ3v) is 5.91. The maximum Gasteiger partial charge on any atom is 0.227 e. The molecule has 1 aliphatic rings. The van der Waals surface area contributed by atoms with Crippen molar-refractivity contribution >= 4 is 15.7 Å². The summed E-state index contributed by atoms with van der Waals surface area (Å²) in [6.07, 6.45) is 4.24. The van der Waals surface area contributed by atoms with Crippen LogP contribution in [0.4, 0.5) is 0 Å². The highest BCUT2D eigenvalue weighted by molar-refractivity contribution is 7.91. The van der Waals surface area contributed by atoms with Crippen LogP contribution in [-0.4, -0.2) is 53.6 Å². The second-order valence-electron chi connectivity index (χ2n) is 5.87. The topological polar surface area (TPSA) is 72.3 Å². The van der Waals surface area contributed by atoms with Crippen molar-refractivity contribution in [3.8, 4) is 5.69 Å². The first-order valence-electron chi connectivity index (χ1n) is 7.50. The minimum absolute atomic E-state index is 0.0680. The summed E-state index contributed by atoms with van der Waals surface area (Å²) in [5, 5.41) is 4.27. The Balaban J connectivity index is 1.66. The summed E-state index contributed by atoms with van der Waals surface area (Å²) >= 11 is 0. The third-order valence-electron chi connectivity index (χ3n) is 4.16. The van der Waals surface area contributed by atoms with Gasteiger partial charge in [0.1, 0.15) is 0 Å². The maximum atomic E-state index is 12.4. The zero-order valence-corrected chi connectivity index (χ0v) is 13.7. The van der Waals surface area contributed by atoms with Crippen molar-refractivity contribution in [1.82, 2.24) is 14.7 Å². The molecule has 1 aromatic carbocycles. The van der Waals surface area contributed by atoms with Gasteiger partial charge in [-0.2, -0.15) is 5.10 Å². The summed E-state index contributed by atoms with van der Waals surface area (Å²) in [7, 11) is -1.31. The number of likely N-dealkylation sites (N-methyl/N-ethyl adjacent to an activating group) is 1. The van der Waals surface area contributed by atoms with Crippen molar-refractivity contribution in [3.05, 3.63) is 48.3 Å². The molecule has 1 saturated heterocycles. The molecule has 2 heterocycles. The molecular formula is C16H19N3O3S. The Kier molecular flexibility index (Phi) is 4.21. The van der Waals surface area contributed by atoms with Gasteiger partial charge in [0.2, 0.25) is 5.91 Å². The van der Waals surface area contributed by atoms with E-state index in [1.807, 2.05) is 36.5 Å². The Hall–Kier alpha value is -2.15. The van der Waals surface area contributed by atoms with Crippen molar-refractivity contribution in [1.29, 1.82) is 0 Å². The van der Waals surface area contributed by atoms with E-state index in [4.69, 9.17) is 0 Å². The number of benzene rings is 1. The van der Waals surface area contributed by atoms with Gasteiger partial charge in [0.25, 0.3) is 0 Å². The normalized spacial score (nSPS) is 19.6. The van der Waals surface area contributed by atoms with Crippen molar-refractivity contribution in [2.45, 2.75) is 18.9 Å². The van der Waals surface area contributed by atoms with Crippen LogP contribution in [-0.2, 0) is 21.1 Å². The average molecular weight is 333 g/mol. The van der Waals surface area contributed by atoms with Gasteiger partial charge in [-0.3, -0.25) is 4.79 Å². The first-order valence-corrected chi connectivity index (χ1v) is 9.32. The molecule has 1 fully saturated rings. The van der Waals surface area contributed by atoms with Gasteiger partial charge < -0.3 is 4.90 Å². The smallest absolute Gasteiger partial charge is 0.227 e. The van der Waals surface area contributed by atoms with Crippen molar-refractivity contribution < 1.29 is 13.2 Å². The molecule has 0 bridgehead atoms. The first-order chi connectivity index (χ1) is 10.9. The molecule has 0 N–H and O–H groups in total. The number of carbonyl (C=O) groups is 1. The van der Waals surface area contributed by atoms with Crippen LogP contribution in [0.5, 0.6) is 0 Å². The van der Waals surface area contributed by atoms with Crippen molar-refractivity contribution in [2.24, 2.45) is 0 Å². The van der Waals surface area contributed by atoms with E-state index in [9.17, 15) is 13.2 Å². The maximum absolute atomic E-state index is 12.4. The monoisotopic (exact) mass is 333 g/mol. The molecule has 1 atom stereocenters. The van der Waals surface area contributed by atoms with E-state index in [2.05, 4.69) is 5.10 Å². The molecule has 0 unspecified atom stereocenters. The minimum atomic E-state index is -2.99. The predicted molar refractivity (Wildman–Crippen MR) is 87.1 cm³/mol. The summed E-state index contributed by atoms with van der Waals surface area (Å²) in [5.74, 6) is 0.152. The molecule has 0 saturated carbocycles. The highest BCUT2D eigenvalue weighted by Crippen LogP contribution is 2.17. The fraction of sp³-hybridized carbons (Fsp3) is 0.375. The number of nitrogens with zero attached hydrogens (tertiary/aromatic N) is 3. The predicted octanol–water partition coefficient (Wildman–Crippen LogP) is 1.06. The van der Waals surface area contributed by atoms with Crippen LogP contribution in [0.15, 0.2) is 42.7 Å². The Morgan fingerprint density at radius 1 is 1.35 bits per heavy atom. The van der Waals surface area contributed by atoms with Gasteiger partial charge in [-0.05, 0) is 24.1 Å². The van der Waals surface area contributed by atoms with Gasteiger partial charge in [0, 0.05) is 19.3 Å². The summed E-state index contributed by atoms with van der Waals surface area (Å²) < 4.78 is 24.8. The van der Waals surface area contributed by atoms with Crippen LogP contribution >= 0.6 is 0 Å². The van der Waals surface area contributed by atoms with E-state index in [0.29, 0.717) is 6.42 Å². The molecule has 3 rings (SSSR count). The molecule has 1 aromatic heterocycles. The van der Waals surface area contributed by atoms with Crippen LogP contribution in [0.1, 0.15) is 12.0 Å². The number of hydrogen-bond acceptors (Lipinski definition) is 4. The van der Waals surface area contributed by atoms with Crippen molar-refractivity contribution in [2.75, 3.05) is 18.6 Å². The number of carbonyl (C=O) groups excluding carboxylic acids is 1. The first kappa shape index (κ1) is 15.7. The molecule has 6 nitrogen and oxygen atoms in total. The molecule has 122 valence electrons. The SMILES string of the molecule is CN(C(=O)Cc1cnn(-c2ccccc2)c1)[C@H]1CCS(=O)(=O)C1. The van der Waals surface area contributed by atoms with Crippen molar-refractivity contribution in [3.63, 3.8) is 0 Å². The molecular weight excluding hydrogens is 314 g/mol. The number of para-hydroxylation sites is 1. The van der Waals surface area contributed by atoms with Crippen LogP contribution in [0.25, 0.3) is 5.69 Å². The van der Waals surface area contributed by atoms with Gasteiger partial charge in [0.15, 0.2) is 9.84 Å². The van der Waals surface area contributed by atoms with E-state index < -0.39 is 9.84 Å². The molecule has 0 aliphatic carbocycles. The Morgan fingerprint density at radius 2 is 2.09 bits per heavy atom. The largest absolute Gasteiger partial charge is 0.341 e. The van der Waals surface area contributed by atoms with Crippen LogP contribution in [0.3, 0.4) is 0 Å². The molecule has 7 heteroatoms. The zero-order valence-electron chi connectivity index (χ0n) is 12.9. The molecule has 1 aliphatic heterocycles. The van der Waals surface area contributed by atoms with Crippen LogP contribution in [0, 0.1) is 0 Å². The lowest BCUT2D eigenvalue weighted by molar-refractivity contribution is -0.130. The zero-order chi connectivity index (χ0) is 16.4. The van der Waals surface area contributed by atoms with Gasteiger partial charge in [-0.25, -0.2) is 13.1 Å². The van der Waals surface area contributed by atoms with Crippen LogP contribution < -0.4 is 0 Å². The Morgan fingerprint density at radius 3 is 2.74 bits per heavy atom. The van der Waals surface area contributed by atoms with E-state index in [-0.39, 0.29) is 29.9 Å². The fourth-order valence-corrected chi connectivity index (χ4v) is 4.53. The van der Waals surface area contributed by atoms with Gasteiger partial charge in [-0.15, -0.1) is 0 Å². The summed E-state index contributed by atoms with van der Waals surface area (Å²) in [6.45, 7) is 0. The molecule has 0 spiro atoms. The fourth-order valence-electron chi connectivity index (χ4n) is 2.76. The average Bonchev–Trinajstić information content (AvgIpc) is 3.14. The lowest BCUT2D eigenvalue weighted by Gasteiger charge is -2.23. The summed E-state index contributed by atoms with van der Waals surface area (Å²) in [5.41, 5.74) is 1.74. The second-order valence-corrected chi connectivity index (χ2v) is 8.10. The van der Waals surface area contributed by atoms with Crippen LogP contribution in [0.2, 0.25) is 0 Å². The Bertz CT molecular complexity index is 799. The Labute approximate surface area is 135 Å². The number of rotatable bonds is 4. The molecule has 23 heavy (non-hydrogen) atoms. The number of aromatic nitrogens is 2. The van der Waals surface area contributed by atoms with E-state index >= 15 is 0 Å². The highest BCUT2D eigenvalue weighted by atomic mass is 32.2. The molecule has 0 radical (unpaired) electrons. The third kappa shape index (κ3) is 3.61. The lowest BCUT2D eigenvalue weighted by atomic mass is 10.2. The van der Waals surface area contributed by atoms with Gasteiger partial charge in [-0.1, -0.05) is 18.2 Å². The second kappa shape index (κ2) is 6.16. The van der Waals surface area contributed by atoms with E-state index in [1.54, 1.807) is 22.8 Å². The number of hydrogen-bond donors (Lipinski definition) is 0. The summed E-state index contributed by atoms with van der Waals surface area (Å²) in [6, 6.07) is 9.45. The summed E-state index contributed by atoms with van der Waals surface area (Å²) in [4.78, 5) is 13.9. The quantitative estimate of drug-likeness (QED) is 0.839. The highest BCUT2D eigenvalue weighted by Gasteiger charge is 2.32. The van der Waals surface area contributed by atoms with Gasteiger partial charge >= 0.3 is 0 Å². The molecule has 2 aromatic rings. The van der Waals surface area contributed by atoms with Gasteiger partial charge in [0.05, 0.1) is 29.8 Å². The van der Waals surface area contributed by atoms with E-state index in [0.717, 1.165) is 11.3 Å².